The summed E-state index contributed by atoms with van der Waals surface area (Å²) in [5.74, 6) is 2.23. The summed E-state index contributed by atoms with van der Waals surface area (Å²) < 4.78 is 2.44. The van der Waals surface area contributed by atoms with Gasteiger partial charge < -0.3 is 4.57 Å². The molecule has 1 amide bonds. The summed E-state index contributed by atoms with van der Waals surface area (Å²) in [4.78, 5) is 27.6. The number of aryl methyl sites for hydroxylation is 1. The van der Waals surface area contributed by atoms with Crippen molar-refractivity contribution in [2.75, 3.05) is 0 Å². The molecule has 0 fully saturated rings. The van der Waals surface area contributed by atoms with Gasteiger partial charge in [-0.15, -0.1) is 6.42 Å². The molecule has 0 aliphatic rings. The summed E-state index contributed by atoms with van der Waals surface area (Å²) in [6.45, 7) is 2.25. The molecule has 3 aromatic rings. The van der Waals surface area contributed by atoms with Gasteiger partial charge in [-0.2, -0.15) is 4.99 Å². The SMILES string of the molecule is C#CCn1c(=NC(=O)Cc2ccc(CC)cc2)sc2ccc([N+](=O)[O-])cc21. The third-order valence-electron chi connectivity index (χ3n) is 4.13. The minimum absolute atomic E-state index is 0.0278. The summed E-state index contributed by atoms with van der Waals surface area (Å²) >= 11 is 1.29. The number of terminal acetylenes is 1. The molecule has 0 N–H and O–H groups in total. The standard InChI is InChI=1S/C20H17N3O3S/c1-3-11-22-17-13-16(23(25)26)9-10-18(17)27-20(22)21-19(24)12-15-7-5-14(4-2)6-8-15/h1,5-10,13H,4,11-12H2,2H3. The molecule has 7 heteroatoms. The van der Waals surface area contributed by atoms with Gasteiger partial charge in [0.25, 0.3) is 11.6 Å². The Labute approximate surface area is 160 Å². The van der Waals surface area contributed by atoms with E-state index in [1.54, 1.807) is 10.6 Å². The first kappa shape index (κ1) is 18.5. The number of hydrogen-bond donors (Lipinski definition) is 0. The molecular weight excluding hydrogens is 362 g/mol. The fraction of sp³-hybridized carbons (Fsp3) is 0.200. The number of fused-ring (bicyclic) bond motifs is 1. The highest BCUT2D eigenvalue weighted by Crippen LogP contribution is 2.23. The Balaban J connectivity index is 1.98. The summed E-state index contributed by atoms with van der Waals surface area (Å²) in [6, 6.07) is 12.4. The maximum atomic E-state index is 12.4. The van der Waals surface area contributed by atoms with Crippen LogP contribution in [0.4, 0.5) is 5.69 Å². The zero-order valence-electron chi connectivity index (χ0n) is 14.7. The highest BCUT2D eigenvalue weighted by molar-refractivity contribution is 7.16. The number of nitro benzene ring substituents is 1. The molecule has 27 heavy (non-hydrogen) atoms. The number of amides is 1. The van der Waals surface area contributed by atoms with Gasteiger partial charge >= 0.3 is 0 Å². The van der Waals surface area contributed by atoms with Crippen molar-refractivity contribution in [1.29, 1.82) is 0 Å². The smallest absolute Gasteiger partial charge is 0.271 e. The molecular formula is C20H17N3O3S. The van der Waals surface area contributed by atoms with Crippen LogP contribution >= 0.6 is 11.3 Å². The predicted octanol–water partition coefficient (Wildman–Crippen LogP) is 3.48. The predicted molar refractivity (Wildman–Crippen MR) is 105 cm³/mol. The first-order valence-corrected chi connectivity index (χ1v) is 9.20. The van der Waals surface area contributed by atoms with Crippen molar-refractivity contribution in [2.24, 2.45) is 4.99 Å². The Morgan fingerprint density at radius 2 is 1.96 bits per heavy atom. The summed E-state index contributed by atoms with van der Waals surface area (Å²) in [5, 5.41) is 11.0. The van der Waals surface area contributed by atoms with Crippen molar-refractivity contribution in [3.8, 4) is 12.3 Å². The van der Waals surface area contributed by atoms with Crippen molar-refractivity contribution in [3.05, 3.63) is 68.5 Å². The number of nitrogens with zero attached hydrogens (tertiary/aromatic N) is 3. The molecule has 3 rings (SSSR count). The van der Waals surface area contributed by atoms with E-state index in [0.29, 0.717) is 10.3 Å². The zero-order chi connectivity index (χ0) is 19.4. The molecule has 0 atom stereocenters. The molecule has 0 spiro atoms. The van der Waals surface area contributed by atoms with E-state index in [9.17, 15) is 14.9 Å². The van der Waals surface area contributed by atoms with Crippen LogP contribution in [0, 0.1) is 22.5 Å². The molecule has 1 aromatic heterocycles. The summed E-state index contributed by atoms with van der Waals surface area (Å²) in [6.07, 6.45) is 6.56. The van der Waals surface area contributed by atoms with Crippen molar-refractivity contribution < 1.29 is 9.72 Å². The highest BCUT2D eigenvalue weighted by atomic mass is 32.1. The number of hydrogen-bond acceptors (Lipinski definition) is 4. The molecule has 1 heterocycles. The van der Waals surface area contributed by atoms with E-state index in [4.69, 9.17) is 6.42 Å². The zero-order valence-corrected chi connectivity index (χ0v) is 15.5. The lowest BCUT2D eigenvalue weighted by molar-refractivity contribution is -0.384. The van der Waals surface area contributed by atoms with Gasteiger partial charge in [0.15, 0.2) is 4.80 Å². The summed E-state index contributed by atoms with van der Waals surface area (Å²) in [7, 11) is 0. The maximum Gasteiger partial charge on any atom is 0.271 e. The van der Waals surface area contributed by atoms with Crippen LogP contribution in [0.3, 0.4) is 0 Å². The number of benzene rings is 2. The van der Waals surface area contributed by atoms with Gasteiger partial charge in [-0.05, 0) is 23.6 Å². The average Bonchev–Trinajstić information content (AvgIpc) is 2.99. The van der Waals surface area contributed by atoms with Gasteiger partial charge in [-0.3, -0.25) is 14.9 Å². The number of non-ortho nitro benzene ring substituents is 1. The fourth-order valence-corrected chi connectivity index (χ4v) is 3.74. The van der Waals surface area contributed by atoms with Crippen LogP contribution in [0.25, 0.3) is 10.2 Å². The number of carbonyl (C=O) groups is 1. The number of aromatic nitrogens is 1. The lowest BCUT2D eigenvalue weighted by atomic mass is 10.1. The third kappa shape index (κ3) is 4.13. The highest BCUT2D eigenvalue weighted by Gasteiger charge is 2.12. The normalized spacial score (nSPS) is 11.5. The van der Waals surface area contributed by atoms with Crippen LogP contribution in [0.15, 0.2) is 47.5 Å². The van der Waals surface area contributed by atoms with Gasteiger partial charge in [0.2, 0.25) is 0 Å². The molecule has 0 aliphatic carbocycles. The van der Waals surface area contributed by atoms with E-state index in [1.807, 2.05) is 24.3 Å². The van der Waals surface area contributed by atoms with E-state index < -0.39 is 4.92 Å². The number of nitro groups is 1. The Kier molecular flexibility index (Phi) is 5.48. The first-order valence-electron chi connectivity index (χ1n) is 8.38. The maximum absolute atomic E-state index is 12.4. The van der Waals surface area contributed by atoms with E-state index in [1.165, 1.54) is 29.0 Å². The Morgan fingerprint density at radius 1 is 1.26 bits per heavy atom. The molecule has 6 nitrogen and oxygen atoms in total. The monoisotopic (exact) mass is 379 g/mol. The van der Waals surface area contributed by atoms with Crippen molar-refractivity contribution >= 4 is 33.1 Å². The minimum atomic E-state index is -0.459. The van der Waals surface area contributed by atoms with E-state index in [-0.39, 0.29) is 24.6 Å². The Bertz CT molecular complexity index is 1120. The van der Waals surface area contributed by atoms with E-state index in [0.717, 1.165) is 16.7 Å². The van der Waals surface area contributed by atoms with Gasteiger partial charge in [0, 0.05) is 12.1 Å². The van der Waals surface area contributed by atoms with E-state index >= 15 is 0 Å². The van der Waals surface area contributed by atoms with E-state index in [2.05, 4.69) is 17.8 Å². The molecule has 0 saturated carbocycles. The largest absolute Gasteiger partial charge is 0.304 e. The quantitative estimate of drug-likeness (QED) is 0.387. The van der Waals surface area contributed by atoms with Crippen LogP contribution in [0.2, 0.25) is 0 Å². The molecule has 0 radical (unpaired) electrons. The second-order valence-electron chi connectivity index (χ2n) is 5.94. The third-order valence-corrected chi connectivity index (χ3v) is 5.19. The van der Waals surface area contributed by atoms with Crippen molar-refractivity contribution in [1.82, 2.24) is 4.57 Å². The van der Waals surface area contributed by atoms with Crippen LogP contribution in [0.5, 0.6) is 0 Å². The molecule has 2 aromatic carbocycles. The average molecular weight is 379 g/mol. The number of thiazole rings is 1. The van der Waals surface area contributed by atoms with Crippen LogP contribution in [-0.2, 0) is 24.2 Å². The Hall–Kier alpha value is -3.24. The molecule has 0 unspecified atom stereocenters. The van der Waals surface area contributed by atoms with Gasteiger partial charge in [0.1, 0.15) is 0 Å². The second kappa shape index (κ2) is 7.98. The molecule has 0 bridgehead atoms. The summed E-state index contributed by atoms with van der Waals surface area (Å²) in [5.41, 5.74) is 2.67. The van der Waals surface area contributed by atoms with Gasteiger partial charge in [-0.25, -0.2) is 0 Å². The van der Waals surface area contributed by atoms with Crippen LogP contribution < -0.4 is 4.80 Å². The van der Waals surface area contributed by atoms with Crippen LogP contribution in [0.1, 0.15) is 18.1 Å². The minimum Gasteiger partial charge on any atom is -0.304 e. The lowest BCUT2D eigenvalue weighted by Crippen LogP contribution is -2.17. The lowest BCUT2D eigenvalue weighted by Gasteiger charge is -2.01. The van der Waals surface area contributed by atoms with Crippen molar-refractivity contribution in [2.45, 2.75) is 26.3 Å². The van der Waals surface area contributed by atoms with Crippen LogP contribution in [-0.4, -0.2) is 15.4 Å². The second-order valence-corrected chi connectivity index (χ2v) is 6.95. The molecule has 0 aliphatic heterocycles. The molecule has 0 saturated heterocycles. The van der Waals surface area contributed by atoms with Crippen molar-refractivity contribution in [3.63, 3.8) is 0 Å². The van der Waals surface area contributed by atoms with Gasteiger partial charge in [-0.1, -0.05) is 48.4 Å². The fourth-order valence-electron chi connectivity index (χ4n) is 2.71. The first-order chi connectivity index (χ1) is 13.0. The number of rotatable bonds is 5. The Morgan fingerprint density at radius 3 is 2.59 bits per heavy atom. The molecule has 136 valence electrons. The topological polar surface area (TPSA) is 77.5 Å². The number of carbonyl (C=O) groups excluding carboxylic acids is 1. The van der Waals surface area contributed by atoms with Gasteiger partial charge in [0.05, 0.1) is 28.1 Å².